The van der Waals surface area contributed by atoms with Gasteiger partial charge in [0.1, 0.15) is 0 Å². The standard InChI is InChI=1S/C9H20.2C9H18/c3*1-8(2)6-5-7-9(3)4/h8-9H,5-7H2,1-4H3;6,9H,5,7H2,1-4H3;5-6,8-9H,7H2,1-4H3/b;;6-5+. The van der Waals surface area contributed by atoms with Crippen molar-refractivity contribution in [1.29, 1.82) is 0 Å². The number of hydrogen-bond acceptors (Lipinski definition) is 0. The molecule has 0 nitrogen and oxygen atoms in total. The van der Waals surface area contributed by atoms with Crippen LogP contribution >= 0.6 is 0 Å². The van der Waals surface area contributed by atoms with E-state index in [0.717, 1.165) is 23.7 Å². The molecular formula is C27H56. The third kappa shape index (κ3) is 46.0. The summed E-state index contributed by atoms with van der Waals surface area (Å²) in [6.45, 7) is 26.9. The van der Waals surface area contributed by atoms with Gasteiger partial charge >= 0.3 is 0 Å². The summed E-state index contributed by atoms with van der Waals surface area (Å²) in [6.07, 6.45) is 14.9. The Morgan fingerprint density at radius 3 is 1.37 bits per heavy atom. The van der Waals surface area contributed by atoms with Gasteiger partial charge < -0.3 is 0 Å². The molecule has 0 heterocycles. The van der Waals surface area contributed by atoms with Crippen LogP contribution in [0, 0.1) is 29.6 Å². The van der Waals surface area contributed by atoms with Crippen molar-refractivity contribution in [2.75, 3.05) is 0 Å². The highest BCUT2D eigenvalue weighted by molar-refractivity contribution is 4.92. The molecule has 0 spiro atoms. The first-order valence-electron chi connectivity index (χ1n) is 11.7. The zero-order valence-electron chi connectivity index (χ0n) is 21.4. The number of hydrogen-bond donors (Lipinski definition) is 0. The highest BCUT2D eigenvalue weighted by atomic mass is 14.0. The zero-order valence-corrected chi connectivity index (χ0v) is 21.4. The molecule has 0 saturated heterocycles. The molecule has 0 aliphatic heterocycles. The van der Waals surface area contributed by atoms with Crippen molar-refractivity contribution in [1.82, 2.24) is 0 Å². The van der Waals surface area contributed by atoms with Crippen molar-refractivity contribution in [2.45, 2.75) is 122 Å². The fourth-order valence-electron chi connectivity index (χ4n) is 2.26. The minimum atomic E-state index is 0.712. The van der Waals surface area contributed by atoms with Crippen molar-refractivity contribution in [2.24, 2.45) is 29.6 Å². The van der Waals surface area contributed by atoms with E-state index in [4.69, 9.17) is 0 Å². The van der Waals surface area contributed by atoms with E-state index in [1.807, 2.05) is 0 Å². The van der Waals surface area contributed by atoms with E-state index in [0.29, 0.717) is 5.92 Å². The van der Waals surface area contributed by atoms with Gasteiger partial charge in [-0.1, -0.05) is 112 Å². The summed E-state index contributed by atoms with van der Waals surface area (Å²) in [5.41, 5.74) is 1.44. The van der Waals surface area contributed by atoms with Gasteiger partial charge in [0.05, 0.1) is 0 Å². The minimum Gasteiger partial charge on any atom is -0.0880 e. The second kappa shape index (κ2) is 21.8. The van der Waals surface area contributed by atoms with Crippen LogP contribution in [0.2, 0.25) is 0 Å². The van der Waals surface area contributed by atoms with Crippen LogP contribution in [0.15, 0.2) is 23.8 Å². The Labute approximate surface area is 175 Å². The lowest BCUT2D eigenvalue weighted by molar-refractivity contribution is 0.480. The van der Waals surface area contributed by atoms with Crippen LogP contribution < -0.4 is 0 Å². The predicted molar refractivity (Wildman–Crippen MR) is 130 cm³/mol. The Hall–Kier alpha value is -0.520. The van der Waals surface area contributed by atoms with E-state index in [-0.39, 0.29) is 0 Å². The molecule has 0 saturated carbocycles. The zero-order chi connectivity index (χ0) is 21.8. The minimum absolute atomic E-state index is 0.712. The Bertz CT molecular complexity index is 314. The van der Waals surface area contributed by atoms with Crippen LogP contribution in [0.25, 0.3) is 0 Å². The lowest BCUT2D eigenvalue weighted by Gasteiger charge is -2.05. The van der Waals surface area contributed by atoms with Gasteiger partial charge in [-0.15, -0.1) is 0 Å². The summed E-state index contributed by atoms with van der Waals surface area (Å²) < 4.78 is 0. The summed E-state index contributed by atoms with van der Waals surface area (Å²) in [5, 5.41) is 0. The van der Waals surface area contributed by atoms with Crippen molar-refractivity contribution in [3.8, 4) is 0 Å². The lowest BCUT2D eigenvalue weighted by atomic mass is 10.0. The largest absolute Gasteiger partial charge is 0.0880 e. The topological polar surface area (TPSA) is 0 Å². The number of allylic oxidation sites excluding steroid dienone is 4. The first kappa shape index (κ1) is 31.2. The maximum Gasteiger partial charge on any atom is -0.0290 e. The quantitative estimate of drug-likeness (QED) is 0.331. The van der Waals surface area contributed by atoms with Crippen molar-refractivity contribution in [3.05, 3.63) is 23.8 Å². The molecule has 0 N–H and O–H groups in total. The molecule has 0 bridgehead atoms. The monoisotopic (exact) mass is 380 g/mol. The number of rotatable bonds is 10. The summed E-state index contributed by atoms with van der Waals surface area (Å²) in [6, 6.07) is 0. The van der Waals surface area contributed by atoms with Gasteiger partial charge in [-0.05, 0) is 62.7 Å². The van der Waals surface area contributed by atoms with Crippen molar-refractivity contribution >= 4 is 0 Å². The Morgan fingerprint density at radius 2 is 1.07 bits per heavy atom. The average Bonchev–Trinajstić information content (AvgIpc) is 2.46. The molecule has 0 amide bonds. The molecular weight excluding hydrogens is 324 g/mol. The second-order valence-corrected chi connectivity index (χ2v) is 10.3. The van der Waals surface area contributed by atoms with E-state index < -0.39 is 0 Å². The van der Waals surface area contributed by atoms with E-state index >= 15 is 0 Å². The molecule has 0 aromatic rings. The molecule has 0 unspecified atom stereocenters. The predicted octanol–water partition coefficient (Wildman–Crippen LogP) is 10.1. The van der Waals surface area contributed by atoms with Gasteiger partial charge in [-0.3, -0.25) is 0 Å². The lowest BCUT2D eigenvalue weighted by Crippen LogP contribution is -1.90. The molecule has 0 heteroatoms. The van der Waals surface area contributed by atoms with Crippen LogP contribution in [-0.4, -0.2) is 0 Å². The summed E-state index contributed by atoms with van der Waals surface area (Å²) in [4.78, 5) is 0. The van der Waals surface area contributed by atoms with Gasteiger partial charge in [0.25, 0.3) is 0 Å². The van der Waals surface area contributed by atoms with Gasteiger partial charge in [-0.2, -0.15) is 0 Å². The first-order valence-corrected chi connectivity index (χ1v) is 11.7. The molecule has 0 aliphatic rings. The van der Waals surface area contributed by atoms with Gasteiger partial charge in [0, 0.05) is 0 Å². The van der Waals surface area contributed by atoms with E-state index in [1.165, 1.54) is 44.1 Å². The molecule has 0 fully saturated rings. The van der Waals surface area contributed by atoms with Gasteiger partial charge in [-0.25, -0.2) is 0 Å². The molecule has 164 valence electrons. The van der Waals surface area contributed by atoms with E-state index in [9.17, 15) is 0 Å². The van der Waals surface area contributed by atoms with Crippen LogP contribution in [0.3, 0.4) is 0 Å². The Kier molecular flexibility index (Phi) is 25.2. The van der Waals surface area contributed by atoms with E-state index in [2.05, 4.69) is 101 Å². The maximum absolute atomic E-state index is 2.31. The van der Waals surface area contributed by atoms with Gasteiger partial charge in [0.15, 0.2) is 0 Å². The van der Waals surface area contributed by atoms with E-state index in [1.54, 1.807) is 0 Å². The molecule has 0 atom stereocenters. The highest BCUT2D eigenvalue weighted by Crippen LogP contribution is 2.11. The smallest absolute Gasteiger partial charge is 0.0290 e. The summed E-state index contributed by atoms with van der Waals surface area (Å²) in [7, 11) is 0. The second-order valence-electron chi connectivity index (χ2n) is 10.3. The normalized spacial score (nSPS) is 11.1. The van der Waals surface area contributed by atoms with Crippen molar-refractivity contribution < 1.29 is 0 Å². The molecule has 0 radical (unpaired) electrons. The fraction of sp³-hybridized carbons (Fsp3) is 0.852. The van der Waals surface area contributed by atoms with Crippen LogP contribution in [0.4, 0.5) is 0 Å². The highest BCUT2D eigenvalue weighted by Gasteiger charge is 1.96. The van der Waals surface area contributed by atoms with Crippen molar-refractivity contribution in [3.63, 3.8) is 0 Å². The van der Waals surface area contributed by atoms with Crippen LogP contribution in [-0.2, 0) is 0 Å². The maximum atomic E-state index is 2.31. The SMILES string of the molecule is CC(C)/C=C/CC(C)C.CC(C)=CCCC(C)C.CC(C)CCCC(C)C. The Balaban J connectivity index is -0.000000320. The molecule has 0 rings (SSSR count). The summed E-state index contributed by atoms with van der Waals surface area (Å²) >= 11 is 0. The summed E-state index contributed by atoms with van der Waals surface area (Å²) in [5.74, 6) is 4.15. The van der Waals surface area contributed by atoms with Gasteiger partial charge in [0.2, 0.25) is 0 Å². The van der Waals surface area contributed by atoms with Crippen LogP contribution in [0.5, 0.6) is 0 Å². The third-order valence-electron chi connectivity index (χ3n) is 3.99. The fourth-order valence-corrected chi connectivity index (χ4v) is 2.26. The molecule has 0 aliphatic carbocycles. The molecule has 27 heavy (non-hydrogen) atoms. The molecule has 0 aromatic heterocycles. The third-order valence-corrected chi connectivity index (χ3v) is 3.99. The Morgan fingerprint density at radius 1 is 0.630 bits per heavy atom. The molecule has 0 aromatic carbocycles. The van der Waals surface area contributed by atoms with Crippen LogP contribution in [0.1, 0.15) is 122 Å². The first-order chi connectivity index (χ1) is 12.4. The average molecular weight is 381 g/mol.